The van der Waals surface area contributed by atoms with E-state index in [0.29, 0.717) is 11.7 Å². The third-order valence-corrected chi connectivity index (χ3v) is 3.78. The van der Waals surface area contributed by atoms with Gasteiger partial charge in [-0.3, -0.25) is 0 Å². The largest absolute Gasteiger partial charge is 0.488 e. The van der Waals surface area contributed by atoms with Crippen molar-refractivity contribution in [2.45, 2.75) is 39.7 Å². The molecule has 0 aliphatic rings. The number of rotatable bonds is 3. The van der Waals surface area contributed by atoms with Crippen molar-refractivity contribution >= 4 is 16.5 Å². The van der Waals surface area contributed by atoms with Crippen LogP contribution in [0.25, 0.3) is 0 Å². The SMILES string of the molecule is Cc1cc(C(C)(C)C)ccc1OCc1cnc(N)s1. The molecule has 0 saturated carbocycles. The summed E-state index contributed by atoms with van der Waals surface area (Å²) >= 11 is 1.46. The first kappa shape index (κ1) is 13.9. The molecule has 2 aromatic rings. The number of hydrogen-bond donors (Lipinski definition) is 1. The smallest absolute Gasteiger partial charge is 0.180 e. The van der Waals surface area contributed by atoms with Crippen molar-refractivity contribution < 1.29 is 4.74 Å². The Morgan fingerprint density at radius 3 is 2.58 bits per heavy atom. The molecule has 4 heteroatoms. The Balaban J connectivity index is 2.09. The van der Waals surface area contributed by atoms with Crippen LogP contribution in [-0.4, -0.2) is 4.98 Å². The van der Waals surface area contributed by atoms with Crippen molar-refractivity contribution in [3.63, 3.8) is 0 Å². The summed E-state index contributed by atoms with van der Waals surface area (Å²) in [7, 11) is 0. The Hall–Kier alpha value is -1.55. The molecule has 0 unspecified atom stereocenters. The van der Waals surface area contributed by atoms with Gasteiger partial charge in [0, 0.05) is 6.20 Å². The van der Waals surface area contributed by atoms with Crippen LogP contribution in [0.3, 0.4) is 0 Å². The van der Waals surface area contributed by atoms with Gasteiger partial charge in [0.25, 0.3) is 0 Å². The highest BCUT2D eigenvalue weighted by molar-refractivity contribution is 7.15. The van der Waals surface area contributed by atoms with Gasteiger partial charge in [-0.1, -0.05) is 44.2 Å². The van der Waals surface area contributed by atoms with Gasteiger partial charge in [-0.25, -0.2) is 4.98 Å². The molecule has 2 N–H and O–H groups in total. The number of aromatic nitrogens is 1. The number of nitrogen functional groups attached to an aromatic ring is 1. The molecule has 0 spiro atoms. The van der Waals surface area contributed by atoms with Gasteiger partial charge in [-0.05, 0) is 29.5 Å². The zero-order chi connectivity index (χ0) is 14.0. The van der Waals surface area contributed by atoms with Crippen molar-refractivity contribution in [1.82, 2.24) is 4.98 Å². The summed E-state index contributed by atoms with van der Waals surface area (Å²) in [4.78, 5) is 5.05. The van der Waals surface area contributed by atoms with Crippen molar-refractivity contribution in [3.05, 3.63) is 40.4 Å². The zero-order valence-electron chi connectivity index (χ0n) is 11.9. The molecule has 0 radical (unpaired) electrons. The van der Waals surface area contributed by atoms with Crippen LogP contribution in [0.15, 0.2) is 24.4 Å². The lowest BCUT2D eigenvalue weighted by Gasteiger charge is -2.20. The van der Waals surface area contributed by atoms with Gasteiger partial charge in [0.2, 0.25) is 0 Å². The molecule has 0 atom stereocenters. The Morgan fingerprint density at radius 2 is 2.05 bits per heavy atom. The van der Waals surface area contributed by atoms with E-state index in [2.05, 4.69) is 44.8 Å². The summed E-state index contributed by atoms with van der Waals surface area (Å²) < 4.78 is 5.82. The van der Waals surface area contributed by atoms with Crippen LogP contribution in [0.4, 0.5) is 5.13 Å². The molecule has 1 heterocycles. The third-order valence-electron chi connectivity index (χ3n) is 2.98. The van der Waals surface area contributed by atoms with Crippen LogP contribution in [-0.2, 0) is 12.0 Å². The second-order valence-electron chi connectivity index (χ2n) is 5.68. The first-order chi connectivity index (χ1) is 8.86. The Morgan fingerprint density at radius 1 is 1.32 bits per heavy atom. The fraction of sp³-hybridized carbons (Fsp3) is 0.400. The number of benzene rings is 1. The maximum atomic E-state index is 5.82. The number of nitrogens with zero attached hydrogens (tertiary/aromatic N) is 1. The molecule has 1 aromatic heterocycles. The molecule has 0 aliphatic heterocycles. The van der Waals surface area contributed by atoms with Crippen LogP contribution in [0.2, 0.25) is 0 Å². The fourth-order valence-corrected chi connectivity index (χ4v) is 2.41. The van der Waals surface area contributed by atoms with E-state index in [-0.39, 0.29) is 5.41 Å². The average Bonchev–Trinajstić information content (AvgIpc) is 2.72. The minimum atomic E-state index is 0.162. The van der Waals surface area contributed by atoms with Gasteiger partial charge in [0.1, 0.15) is 12.4 Å². The molecule has 0 bridgehead atoms. The average molecular weight is 276 g/mol. The van der Waals surface area contributed by atoms with Gasteiger partial charge < -0.3 is 10.5 Å². The molecular weight excluding hydrogens is 256 g/mol. The number of thiazole rings is 1. The number of nitrogens with two attached hydrogens (primary N) is 1. The van der Waals surface area contributed by atoms with E-state index in [1.807, 2.05) is 6.07 Å². The minimum absolute atomic E-state index is 0.162. The third kappa shape index (κ3) is 3.47. The van der Waals surface area contributed by atoms with Gasteiger partial charge >= 0.3 is 0 Å². The molecule has 3 nitrogen and oxygen atoms in total. The fourth-order valence-electron chi connectivity index (χ4n) is 1.82. The van der Waals surface area contributed by atoms with Gasteiger partial charge in [0.15, 0.2) is 5.13 Å². The molecule has 1 aromatic carbocycles. The predicted molar refractivity (Wildman–Crippen MR) is 80.7 cm³/mol. The van der Waals surface area contributed by atoms with E-state index < -0.39 is 0 Å². The summed E-state index contributed by atoms with van der Waals surface area (Å²) in [6, 6.07) is 6.36. The highest BCUT2D eigenvalue weighted by Crippen LogP contribution is 2.28. The lowest BCUT2D eigenvalue weighted by atomic mass is 9.86. The van der Waals surface area contributed by atoms with Crippen molar-refractivity contribution in [2.24, 2.45) is 0 Å². The highest BCUT2D eigenvalue weighted by Gasteiger charge is 2.14. The Bertz CT molecular complexity index is 570. The summed E-state index contributed by atoms with van der Waals surface area (Å²) in [5.74, 6) is 0.917. The van der Waals surface area contributed by atoms with E-state index in [1.54, 1.807) is 6.20 Å². The van der Waals surface area contributed by atoms with E-state index in [1.165, 1.54) is 16.9 Å². The standard InChI is InChI=1S/C15H20N2OS/c1-10-7-11(15(2,3)4)5-6-13(10)18-9-12-8-17-14(16)19-12/h5-8H,9H2,1-4H3,(H2,16,17). The number of hydrogen-bond acceptors (Lipinski definition) is 4. The molecule has 0 saturated heterocycles. The van der Waals surface area contributed by atoms with Gasteiger partial charge in [-0.15, -0.1) is 0 Å². The van der Waals surface area contributed by atoms with Crippen LogP contribution < -0.4 is 10.5 Å². The molecule has 19 heavy (non-hydrogen) atoms. The zero-order valence-corrected chi connectivity index (χ0v) is 12.7. The van der Waals surface area contributed by atoms with Crippen LogP contribution >= 0.6 is 11.3 Å². The maximum absolute atomic E-state index is 5.82. The first-order valence-corrected chi connectivity index (χ1v) is 7.12. The van der Waals surface area contributed by atoms with Crippen LogP contribution in [0.1, 0.15) is 36.8 Å². The number of ether oxygens (including phenoxy) is 1. The summed E-state index contributed by atoms with van der Waals surface area (Å²) in [5, 5.41) is 0.582. The second kappa shape index (κ2) is 5.21. The molecule has 2 rings (SSSR count). The monoisotopic (exact) mass is 276 g/mol. The number of anilines is 1. The lowest BCUT2D eigenvalue weighted by molar-refractivity contribution is 0.307. The van der Waals surface area contributed by atoms with E-state index in [0.717, 1.165) is 16.2 Å². The summed E-state index contributed by atoms with van der Waals surface area (Å²) in [5.41, 5.74) is 8.24. The van der Waals surface area contributed by atoms with Gasteiger partial charge in [0.05, 0.1) is 4.88 Å². The molecule has 102 valence electrons. The van der Waals surface area contributed by atoms with E-state index >= 15 is 0 Å². The van der Waals surface area contributed by atoms with Crippen molar-refractivity contribution in [1.29, 1.82) is 0 Å². The van der Waals surface area contributed by atoms with Crippen LogP contribution in [0.5, 0.6) is 5.75 Å². The Labute approximate surface area is 118 Å². The topological polar surface area (TPSA) is 48.1 Å². The first-order valence-electron chi connectivity index (χ1n) is 6.30. The Kier molecular flexibility index (Phi) is 3.80. The highest BCUT2D eigenvalue weighted by atomic mass is 32.1. The van der Waals surface area contributed by atoms with Crippen molar-refractivity contribution in [3.8, 4) is 5.75 Å². The minimum Gasteiger partial charge on any atom is -0.488 e. The maximum Gasteiger partial charge on any atom is 0.180 e. The molecule has 0 aliphatic carbocycles. The number of aryl methyl sites for hydroxylation is 1. The predicted octanol–water partition coefficient (Wildman–Crippen LogP) is 3.91. The van der Waals surface area contributed by atoms with E-state index in [4.69, 9.17) is 10.5 Å². The van der Waals surface area contributed by atoms with E-state index in [9.17, 15) is 0 Å². The molecular formula is C15H20N2OS. The lowest BCUT2D eigenvalue weighted by Crippen LogP contribution is -2.11. The van der Waals surface area contributed by atoms with Crippen LogP contribution in [0, 0.1) is 6.92 Å². The molecule has 0 amide bonds. The summed E-state index contributed by atoms with van der Waals surface area (Å²) in [6.07, 6.45) is 1.76. The summed E-state index contributed by atoms with van der Waals surface area (Å²) in [6.45, 7) is 9.23. The van der Waals surface area contributed by atoms with Crippen molar-refractivity contribution in [2.75, 3.05) is 5.73 Å². The quantitative estimate of drug-likeness (QED) is 0.924. The van der Waals surface area contributed by atoms with Gasteiger partial charge in [-0.2, -0.15) is 0 Å². The molecule has 0 fully saturated rings. The second-order valence-corrected chi connectivity index (χ2v) is 6.83. The normalized spacial score (nSPS) is 11.6.